The van der Waals surface area contributed by atoms with Crippen LogP contribution in [0.3, 0.4) is 0 Å². The lowest BCUT2D eigenvalue weighted by molar-refractivity contribution is 0.302. The standard InChI is InChI=1S/C17H20ClNO2/c1-12(19)10-14-4-3-5-16(18)17(14)21-11-13-6-8-15(20-2)9-7-13/h3-9,12H,10-11,19H2,1-2H3. The van der Waals surface area contributed by atoms with Gasteiger partial charge in [-0.1, -0.05) is 35.9 Å². The molecule has 0 spiro atoms. The molecule has 0 heterocycles. The monoisotopic (exact) mass is 305 g/mol. The van der Waals surface area contributed by atoms with E-state index >= 15 is 0 Å². The first kappa shape index (κ1) is 15.7. The van der Waals surface area contributed by atoms with Crippen molar-refractivity contribution >= 4 is 11.6 Å². The number of nitrogens with two attached hydrogens (primary N) is 1. The van der Waals surface area contributed by atoms with Crippen LogP contribution in [0.2, 0.25) is 5.02 Å². The second-order valence-electron chi connectivity index (χ2n) is 5.05. The summed E-state index contributed by atoms with van der Waals surface area (Å²) >= 11 is 6.24. The molecule has 2 N–H and O–H groups in total. The molecule has 0 radical (unpaired) electrons. The van der Waals surface area contributed by atoms with Crippen LogP contribution in [-0.4, -0.2) is 13.2 Å². The zero-order chi connectivity index (χ0) is 15.2. The predicted octanol–water partition coefficient (Wildman–Crippen LogP) is 3.82. The highest BCUT2D eigenvalue weighted by Crippen LogP contribution is 2.30. The molecule has 0 fully saturated rings. The number of para-hydroxylation sites is 1. The Kier molecular flexibility index (Phi) is 5.48. The van der Waals surface area contributed by atoms with Crippen LogP contribution in [0, 0.1) is 0 Å². The van der Waals surface area contributed by atoms with Gasteiger partial charge in [-0.05, 0) is 42.7 Å². The number of benzene rings is 2. The van der Waals surface area contributed by atoms with Crippen molar-refractivity contribution in [2.24, 2.45) is 5.73 Å². The Morgan fingerprint density at radius 2 is 1.86 bits per heavy atom. The number of halogens is 1. The van der Waals surface area contributed by atoms with Gasteiger partial charge in [0.25, 0.3) is 0 Å². The second-order valence-corrected chi connectivity index (χ2v) is 5.45. The Labute approximate surface area is 130 Å². The van der Waals surface area contributed by atoms with Crippen LogP contribution in [0.15, 0.2) is 42.5 Å². The van der Waals surface area contributed by atoms with E-state index < -0.39 is 0 Å². The van der Waals surface area contributed by atoms with E-state index in [0.717, 1.165) is 23.3 Å². The minimum atomic E-state index is 0.0619. The summed E-state index contributed by atoms with van der Waals surface area (Å²) in [4.78, 5) is 0. The quantitative estimate of drug-likeness (QED) is 0.882. The van der Waals surface area contributed by atoms with Crippen molar-refractivity contribution in [3.8, 4) is 11.5 Å². The molecule has 1 unspecified atom stereocenters. The lowest BCUT2D eigenvalue weighted by Gasteiger charge is -2.14. The summed E-state index contributed by atoms with van der Waals surface area (Å²) in [6.07, 6.45) is 0.735. The zero-order valence-electron chi connectivity index (χ0n) is 12.3. The Balaban J connectivity index is 2.11. The third-order valence-electron chi connectivity index (χ3n) is 3.13. The van der Waals surface area contributed by atoms with E-state index in [-0.39, 0.29) is 6.04 Å². The first-order valence-corrected chi connectivity index (χ1v) is 7.26. The van der Waals surface area contributed by atoms with Crippen molar-refractivity contribution in [3.63, 3.8) is 0 Å². The first-order chi connectivity index (χ1) is 10.1. The Hall–Kier alpha value is -1.71. The molecule has 0 aromatic heterocycles. The van der Waals surface area contributed by atoms with Crippen molar-refractivity contribution in [3.05, 3.63) is 58.6 Å². The van der Waals surface area contributed by atoms with E-state index in [1.807, 2.05) is 49.4 Å². The van der Waals surface area contributed by atoms with Crippen molar-refractivity contribution in [1.29, 1.82) is 0 Å². The van der Waals surface area contributed by atoms with Crippen molar-refractivity contribution in [1.82, 2.24) is 0 Å². The van der Waals surface area contributed by atoms with Crippen LogP contribution in [-0.2, 0) is 13.0 Å². The van der Waals surface area contributed by atoms with Gasteiger partial charge in [-0.3, -0.25) is 0 Å². The van der Waals surface area contributed by atoms with Gasteiger partial charge < -0.3 is 15.2 Å². The molecule has 2 aromatic rings. The molecule has 0 bridgehead atoms. The van der Waals surface area contributed by atoms with Crippen LogP contribution < -0.4 is 15.2 Å². The largest absolute Gasteiger partial charge is 0.497 e. The maximum Gasteiger partial charge on any atom is 0.141 e. The summed E-state index contributed by atoms with van der Waals surface area (Å²) in [6.45, 7) is 2.42. The molecule has 0 aliphatic rings. The third-order valence-corrected chi connectivity index (χ3v) is 3.43. The smallest absolute Gasteiger partial charge is 0.141 e. The van der Waals surface area contributed by atoms with E-state index in [0.29, 0.717) is 17.4 Å². The molecule has 3 nitrogen and oxygen atoms in total. The average molecular weight is 306 g/mol. The molecule has 0 saturated carbocycles. The minimum Gasteiger partial charge on any atom is -0.497 e. The third kappa shape index (κ3) is 4.38. The molecule has 4 heteroatoms. The van der Waals surface area contributed by atoms with E-state index in [1.165, 1.54) is 0 Å². The second kappa shape index (κ2) is 7.34. The van der Waals surface area contributed by atoms with E-state index in [9.17, 15) is 0 Å². The van der Waals surface area contributed by atoms with E-state index in [2.05, 4.69) is 0 Å². The lowest BCUT2D eigenvalue weighted by Crippen LogP contribution is -2.18. The fraction of sp³-hybridized carbons (Fsp3) is 0.294. The minimum absolute atomic E-state index is 0.0619. The molecular weight excluding hydrogens is 286 g/mol. The average Bonchev–Trinajstić information content (AvgIpc) is 2.46. The van der Waals surface area contributed by atoms with Gasteiger partial charge in [0, 0.05) is 6.04 Å². The number of ether oxygens (including phenoxy) is 2. The number of rotatable bonds is 6. The summed E-state index contributed by atoms with van der Waals surface area (Å²) < 4.78 is 11.0. The molecule has 2 aromatic carbocycles. The van der Waals surface area contributed by atoms with Crippen molar-refractivity contribution < 1.29 is 9.47 Å². The van der Waals surface area contributed by atoms with Crippen LogP contribution in [0.1, 0.15) is 18.1 Å². The van der Waals surface area contributed by atoms with Crippen molar-refractivity contribution in [2.45, 2.75) is 26.0 Å². The van der Waals surface area contributed by atoms with Crippen LogP contribution in [0.25, 0.3) is 0 Å². The van der Waals surface area contributed by atoms with Gasteiger partial charge in [-0.2, -0.15) is 0 Å². The van der Waals surface area contributed by atoms with Gasteiger partial charge in [0.2, 0.25) is 0 Å². The number of hydrogen-bond acceptors (Lipinski definition) is 3. The SMILES string of the molecule is COc1ccc(COc2c(Cl)cccc2CC(C)N)cc1. The first-order valence-electron chi connectivity index (χ1n) is 6.89. The Morgan fingerprint density at radius 3 is 2.48 bits per heavy atom. The fourth-order valence-corrected chi connectivity index (χ4v) is 2.35. The summed E-state index contributed by atoms with van der Waals surface area (Å²) in [5, 5.41) is 0.613. The van der Waals surface area contributed by atoms with Gasteiger partial charge in [0.05, 0.1) is 12.1 Å². The summed E-state index contributed by atoms with van der Waals surface area (Å²) in [5.74, 6) is 1.54. The van der Waals surface area contributed by atoms with E-state index in [1.54, 1.807) is 7.11 Å². The van der Waals surface area contributed by atoms with Gasteiger partial charge in [-0.15, -0.1) is 0 Å². The highest BCUT2D eigenvalue weighted by atomic mass is 35.5. The normalized spacial score (nSPS) is 12.0. The van der Waals surface area contributed by atoms with Gasteiger partial charge in [0.1, 0.15) is 18.1 Å². The fourth-order valence-electron chi connectivity index (χ4n) is 2.10. The maximum atomic E-state index is 6.24. The molecule has 0 aliphatic heterocycles. The lowest BCUT2D eigenvalue weighted by atomic mass is 10.1. The van der Waals surface area contributed by atoms with Crippen molar-refractivity contribution in [2.75, 3.05) is 7.11 Å². The Bertz CT molecular complexity index is 582. The highest BCUT2D eigenvalue weighted by molar-refractivity contribution is 6.32. The summed E-state index contributed by atoms with van der Waals surface area (Å²) in [5.41, 5.74) is 7.96. The molecule has 2 rings (SSSR count). The van der Waals surface area contributed by atoms with Gasteiger partial charge >= 0.3 is 0 Å². The molecule has 0 saturated heterocycles. The van der Waals surface area contributed by atoms with Crippen LogP contribution >= 0.6 is 11.6 Å². The summed E-state index contributed by atoms with van der Waals surface area (Å²) in [7, 11) is 1.65. The molecule has 112 valence electrons. The molecule has 1 atom stereocenters. The van der Waals surface area contributed by atoms with Gasteiger partial charge in [-0.25, -0.2) is 0 Å². The Morgan fingerprint density at radius 1 is 1.14 bits per heavy atom. The van der Waals surface area contributed by atoms with Gasteiger partial charge in [0.15, 0.2) is 0 Å². The zero-order valence-corrected chi connectivity index (χ0v) is 13.1. The number of hydrogen-bond donors (Lipinski definition) is 1. The molecular formula is C17H20ClNO2. The number of methoxy groups -OCH3 is 1. The maximum absolute atomic E-state index is 6.24. The topological polar surface area (TPSA) is 44.5 Å². The molecule has 21 heavy (non-hydrogen) atoms. The van der Waals surface area contributed by atoms with Crippen LogP contribution in [0.4, 0.5) is 0 Å². The van der Waals surface area contributed by atoms with Crippen LogP contribution in [0.5, 0.6) is 11.5 Å². The van der Waals surface area contributed by atoms with E-state index in [4.69, 9.17) is 26.8 Å². The predicted molar refractivity (Wildman–Crippen MR) is 86.1 cm³/mol. The molecule has 0 amide bonds. The summed E-state index contributed by atoms with van der Waals surface area (Å²) in [6, 6.07) is 13.6. The molecule has 0 aliphatic carbocycles. The highest BCUT2D eigenvalue weighted by Gasteiger charge is 2.10.